The summed E-state index contributed by atoms with van der Waals surface area (Å²) >= 11 is 5.54. The summed E-state index contributed by atoms with van der Waals surface area (Å²) in [5.41, 5.74) is 2.44. The average Bonchev–Trinajstić information content (AvgIpc) is 2.53. The minimum atomic E-state index is -0.632. The van der Waals surface area contributed by atoms with Crippen molar-refractivity contribution in [3.05, 3.63) is 65.7 Å². The van der Waals surface area contributed by atoms with Crippen molar-refractivity contribution in [3.63, 3.8) is 0 Å². The SMILES string of the molecule is CC(C)(c1ccccc1)c1ccc(OC[C@H](O)CCl)cc1. The van der Waals surface area contributed by atoms with E-state index in [4.69, 9.17) is 16.3 Å². The minimum absolute atomic E-state index is 0.0601. The van der Waals surface area contributed by atoms with Crippen LogP contribution in [-0.2, 0) is 5.41 Å². The van der Waals surface area contributed by atoms with Crippen LogP contribution in [0.15, 0.2) is 54.6 Å². The molecule has 0 saturated heterocycles. The normalized spacial score (nSPS) is 13.0. The van der Waals surface area contributed by atoms with Crippen LogP contribution in [0, 0.1) is 0 Å². The Labute approximate surface area is 131 Å². The van der Waals surface area contributed by atoms with Crippen molar-refractivity contribution in [1.82, 2.24) is 0 Å². The van der Waals surface area contributed by atoms with E-state index in [0.717, 1.165) is 5.75 Å². The van der Waals surface area contributed by atoms with Gasteiger partial charge >= 0.3 is 0 Å². The van der Waals surface area contributed by atoms with Crippen molar-refractivity contribution >= 4 is 11.6 Å². The van der Waals surface area contributed by atoms with E-state index >= 15 is 0 Å². The van der Waals surface area contributed by atoms with Crippen molar-refractivity contribution in [2.75, 3.05) is 12.5 Å². The summed E-state index contributed by atoms with van der Waals surface area (Å²) in [6.07, 6.45) is -0.632. The van der Waals surface area contributed by atoms with Gasteiger partial charge in [0.1, 0.15) is 18.5 Å². The molecule has 2 aromatic carbocycles. The number of aliphatic hydroxyl groups is 1. The summed E-state index contributed by atoms with van der Waals surface area (Å²) in [5.74, 6) is 0.922. The number of benzene rings is 2. The highest BCUT2D eigenvalue weighted by molar-refractivity contribution is 6.18. The summed E-state index contributed by atoms with van der Waals surface area (Å²) in [7, 11) is 0. The van der Waals surface area contributed by atoms with Crippen LogP contribution in [0.2, 0.25) is 0 Å². The molecule has 0 fully saturated rings. The summed E-state index contributed by atoms with van der Waals surface area (Å²) in [5, 5.41) is 9.39. The molecule has 0 unspecified atom stereocenters. The lowest BCUT2D eigenvalue weighted by molar-refractivity contribution is 0.125. The highest BCUT2D eigenvalue weighted by atomic mass is 35.5. The summed E-state index contributed by atoms with van der Waals surface area (Å²) in [4.78, 5) is 0. The molecule has 0 heterocycles. The number of rotatable bonds is 6. The lowest BCUT2D eigenvalue weighted by Gasteiger charge is -2.26. The van der Waals surface area contributed by atoms with E-state index < -0.39 is 6.10 Å². The third-order valence-electron chi connectivity index (χ3n) is 3.69. The molecule has 0 saturated carbocycles. The molecule has 0 aliphatic heterocycles. The lowest BCUT2D eigenvalue weighted by atomic mass is 9.78. The predicted octanol–water partition coefficient (Wildman–Crippen LogP) is 3.99. The molecular formula is C18H21ClO2. The predicted molar refractivity (Wildman–Crippen MR) is 87.2 cm³/mol. The fourth-order valence-corrected chi connectivity index (χ4v) is 2.32. The van der Waals surface area contributed by atoms with E-state index in [1.807, 2.05) is 18.2 Å². The topological polar surface area (TPSA) is 29.5 Å². The maximum atomic E-state index is 9.39. The number of halogens is 1. The van der Waals surface area contributed by atoms with Crippen molar-refractivity contribution in [2.45, 2.75) is 25.4 Å². The summed E-state index contributed by atoms with van der Waals surface area (Å²) in [6, 6.07) is 18.4. The Bertz CT molecular complexity index is 549. The zero-order chi connectivity index (χ0) is 15.3. The first-order chi connectivity index (χ1) is 10.0. The maximum absolute atomic E-state index is 9.39. The highest BCUT2D eigenvalue weighted by Crippen LogP contribution is 2.32. The molecule has 0 spiro atoms. The molecule has 2 nitrogen and oxygen atoms in total. The van der Waals surface area contributed by atoms with Gasteiger partial charge in [-0.15, -0.1) is 11.6 Å². The molecule has 21 heavy (non-hydrogen) atoms. The lowest BCUT2D eigenvalue weighted by Crippen LogP contribution is -2.20. The van der Waals surface area contributed by atoms with Gasteiger partial charge in [-0.2, -0.15) is 0 Å². The van der Waals surface area contributed by atoms with E-state index in [1.54, 1.807) is 0 Å². The van der Waals surface area contributed by atoms with Crippen LogP contribution >= 0.6 is 11.6 Å². The number of alkyl halides is 1. The molecule has 1 N–H and O–H groups in total. The van der Waals surface area contributed by atoms with Gasteiger partial charge < -0.3 is 9.84 Å². The van der Waals surface area contributed by atoms with Crippen molar-refractivity contribution in [1.29, 1.82) is 0 Å². The number of ether oxygens (including phenoxy) is 1. The van der Waals surface area contributed by atoms with Gasteiger partial charge in [-0.05, 0) is 23.3 Å². The fourth-order valence-electron chi connectivity index (χ4n) is 2.23. The molecule has 0 aliphatic rings. The van der Waals surface area contributed by atoms with Gasteiger partial charge in [0, 0.05) is 5.41 Å². The average molecular weight is 305 g/mol. The van der Waals surface area contributed by atoms with Gasteiger partial charge in [0.15, 0.2) is 0 Å². The fraction of sp³-hybridized carbons (Fsp3) is 0.333. The van der Waals surface area contributed by atoms with Gasteiger partial charge in [-0.25, -0.2) is 0 Å². The second-order valence-corrected chi connectivity index (χ2v) is 5.94. The summed E-state index contributed by atoms with van der Waals surface area (Å²) < 4.78 is 5.50. The Morgan fingerprint density at radius 2 is 1.57 bits per heavy atom. The first kappa shape index (κ1) is 15.9. The Morgan fingerprint density at radius 1 is 1.00 bits per heavy atom. The molecule has 0 bridgehead atoms. The van der Waals surface area contributed by atoms with Crippen LogP contribution in [-0.4, -0.2) is 23.7 Å². The third kappa shape index (κ3) is 3.99. The largest absolute Gasteiger partial charge is 0.491 e. The van der Waals surface area contributed by atoms with Crippen LogP contribution in [0.4, 0.5) is 0 Å². The highest BCUT2D eigenvalue weighted by Gasteiger charge is 2.22. The summed E-state index contributed by atoms with van der Waals surface area (Å²) in [6.45, 7) is 4.62. The van der Waals surface area contributed by atoms with Crippen LogP contribution in [0.1, 0.15) is 25.0 Å². The number of hydrogen-bond donors (Lipinski definition) is 1. The molecule has 0 amide bonds. The zero-order valence-corrected chi connectivity index (χ0v) is 13.2. The second kappa shape index (κ2) is 6.97. The Morgan fingerprint density at radius 3 is 2.14 bits per heavy atom. The quantitative estimate of drug-likeness (QED) is 0.818. The molecule has 1 atom stereocenters. The van der Waals surface area contributed by atoms with Crippen molar-refractivity contribution in [2.24, 2.45) is 0 Å². The molecule has 2 aromatic rings. The van der Waals surface area contributed by atoms with Gasteiger partial charge in [-0.1, -0.05) is 56.3 Å². The molecule has 0 radical (unpaired) electrons. The molecule has 2 rings (SSSR count). The molecule has 3 heteroatoms. The standard InChI is InChI=1S/C18H21ClO2/c1-18(2,14-6-4-3-5-7-14)15-8-10-17(11-9-15)21-13-16(20)12-19/h3-11,16,20H,12-13H2,1-2H3/t16-/m1/s1. The molecule has 0 aromatic heterocycles. The van der Waals surface area contributed by atoms with Crippen molar-refractivity contribution < 1.29 is 9.84 Å². The molecular weight excluding hydrogens is 284 g/mol. The van der Waals surface area contributed by atoms with Gasteiger partial charge in [0.25, 0.3) is 0 Å². The Hall–Kier alpha value is -1.51. The molecule has 0 aliphatic carbocycles. The number of aliphatic hydroxyl groups excluding tert-OH is 1. The second-order valence-electron chi connectivity index (χ2n) is 5.63. The van der Waals surface area contributed by atoms with Crippen molar-refractivity contribution in [3.8, 4) is 5.75 Å². The molecule has 112 valence electrons. The Kier molecular flexibility index (Phi) is 5.27. The van der Waals surface area contributed by atoms with Crippen LogP contribution < -0.4 is 4.74 Å². The van der Waals surface area contributed by atoms with Gasteiger partial charge in [-0.3, -0.25) is 0 Å². The van der Waals surface area contributed by atoms with Gasteiger partial charge in [0.05, 0.1) is 5.88 Å². The van der Waals surface area contributed by atoms with E-state index in [-0.39, 0.29) is 17.9 Å². The minimum Gasteiger partial charge on any atom is -0.491 e. The Balaban J connectivity index is 2.11. The van der Waals surface area contributed by atoms with Crippen LogP contribution in [0.5, 0.6) is 5.75 Å². The van der Waals surface area contributed by atoms with E-state index in [9.17, 15) is 5.11 Å². The third-order valence-corrected chi connectivity index (χ3v) is 4.05. The number of hydrogen-bond acceptors (Lipinski definition) is 2. The monoisotopic (exact) mass is 304 g/mol. The maximum Gasteiger partial charge on any atom is 0.119 e. The van der Waals surface area contributed by atoms with E-state index in [0.29, 0.717) is 0 Å². The van der Waals surface area contributed by atoms with Crippen LogP contribution in [0.3, 0.4) is 0 Å². The first-order valence-electron chi connectivity index (χ1n) is 7.07. The smallest absolute Gasteiger partial charge is 0.119 e. The zero-order valence-electron chi connectivity index (χ0n) is 12.4. The van der Waals surface area contributed by atoms with E-state index in [2.05, 4.69) is 50.2 Å². The first-order valence-corrected chi connectivity index (χ1v) is 7.60. The van der Waals surface area contributed by atoms with Gasteiger partial charge in [0.2, 0.25) is 0 Å². The van der Waals surface area contributed by atoms with E-state index in [1.165, 1.54) is 11.1 Å². The van der Waals surface area contributed by atoms with Crippen LogP contribution in [0.25, 0.3) is 0 Å².